The maximum Gasteiger partial charge on any atom is 0.230 e. The van der Waals surface area contributed by atoms with Crippen LogP contribution in [-0.2, 0) is 11.2 Å². The highest BCUT2D eigenvalue weighted by atomic mass is 32.1. The molecule has 3 heterocycles. The fourth-order valence-corrected chi connectivity index (χ4v) is 3.38. The standard InChI is InChI=1S/C19H16N4O2S/c1-13-7-8-17(25-13)19-21-14(12-26-19)11-18(24)22-15-5-2-3-6-16(15)23-10-4-9-20-23/h2-10,12H,11H2,1H3,(H,22,24). The van der Waals surface area contributed by atoms with Crippen molar-refractivity contribution in [3.05, 3.63) is 71.7 Å². The van der Waals surface area contributed by atoms with Gasteiger partial charge in [-0.3, -0.25) is 4.79 Å². The van der Waals surface area contributed by atoms with Crippen molar-refractivity contribution in [3.63, 3.8) is 0 Å². The molecule has 1 amide bonds. The molecule has 130 valence electrons. The first-order valence-corrected chi connectivity index (χ1v) is 8.97. The second-order valence-corrected chi connectivity index (χ2v) is 6.61. The van der Waals surface area contributed by atoms with Crippen molar-refractivity contribution in [2.75, 3.05) is 5.32 Å². The minimum atomic E-state index is -0.128. The normalized spacial score (nSPS) is 10.8. The first-order valence-electron chi connectivity index (χ1n) is 8.09. The van der Waals surface area contributed by atoms with Crippen molar-refractivity contribution in [2.45, 2.75) is 13.3 Å². The number of nitrogens with one attached hydrogen (secondary N) is 1. The van der Waals surface area contributed by atoms with E-state index in [-0.39, 0.29) is 12.3 Å². The Kier molecular flexibility index (Phi) is 4.37. The molecule has 0 spiro atoms. The van der Waals surface area contributed by atoms with Crippen LogP contribution in [0.25, 0.3) is 16.5 Å². The largest absolute Gasteiger partial charge is 0.459 e. The summed E-state index contributed by atoms with van der Waals surface area (Å²) in [5.41, 5.74) is 2.24. The Balaban J connectivity index is 1.48. The molecule has 6 nitrogen and oxygen atoms in total. The number of nitrogens with zero attached hydrogens (tertiary/aromatic N) is 3. The monoisotopic (exact) mass is 364 g/mol. The number of anilines is 1. The highest BCUT2D eigenvalue weighted by molar-refractivity contribution is 7.13. The predicted octanol–water partition coefficient (Wildman–Crippen LogP) is 4.08. The van der Waals surface area contributed by atoms with Crippen LogP contribution >= 0.6 is 11.3 Å². The summed E-state index contributed by atoms with van der Waals surface area (Å²) in [4.78, 5) is 16.9. The zero-order chi connectivity index (χ0) is 17.9. The summed E-state index contributed by atoms with van der Waals surface area (Å²) in [7, 11) is 0. The molecule has 0 saturated carbocycles. The number of carbonyl (C=O) groups is 1. The number of aromatic nitrogens is 3. The number of hydrogen-bond donors (Lipinski definition) is 1. The molecule has 3 aromatic heterocycles. The molecule has 4 aromatic rings. The van der Waals surface area contributed by atoms with Gasteiger partial charge in [-0.2, -0.15) is 5.10 Å². The van der Waals surface area contributed by atoms with Crippen LogP contribution in [0.5, 0.6) is 0 Å². The quantitative estimate of drug-likeness (QED) is 0.579. The Labute approximate surface area is 154 Å². The average molecular weight is 364 g/mol. The third-order valence-corrected chi connectivity index (χ3v) is 4.68. The zero-order valence-corrected chi connectivity index (χ0v) is 14.9. The number of para-hydroxylation sites is 2. The minimum Gasteiger partial charge on any atom is -0.459 e. The second-order valence-electron chi connectivity index (χ2n) is 5.75. The molecule has 0 bridgehead atoms. The van der Waals surface area contributed by atoms with Crippen molar-refractivity contribution < 1.29 is 9.21 Å². The van der Waals surface area contributed by atoms with Crippen molar-refractivity contribution >= 4 is 22.9 Å². The average Bonchev–Trinajstić information content (AvgIpc) is 3.36. The topological polar surface area (TPSA) is 73.0 Å². The van der Waals surface area contributed by atoms with Crippen molar-refractivity contribution in [1.82, 2.24) is 14.8 Å². The molecule has 26 heavy (non-hydrogen) atoms. The van der Waals surface area contributed by atoms with Gasteiger partial charge in [0.05, 0.1) is 23.5 Å². The Morgan fingerprint density at radius 1 is 1.23 bits per heavy atom. The summed E-state index contributed by atoms with van der Waals surface area (Å²) in [6, 6.07) is 13.2. The van der Waals surface area contributed by atoms with Crippen LogP contribution in [-0.4, -0.2) is 20.7 Å². The third kappa shape index (κ3) is 3.43. The summed E-state index contributed by atoms with van der Waals surface area (Å²) in [5.74, 6) is 1.44. The lowest BCUT2D eigenvalue weighted by molar-refractivity contribution is -0.115. The lowest BCUT2D eigenvalue weighted by Crippen LogP contribution is -2.16. The molecular weight excluding hydrogens is 348 g/mol. The smallest absolute Gasteiger partial charge is 0.230 e. The van der Waals surface area contributed by atoms with E-state index in [1.807, 2.05) is 61.0 Å². The molecule has 7 heteroatoms. The van der Waals surface area contributed by atoms with Crippen LogP contribution in [0.2, 0.25) is 0 Å². The summed E-state index contributed by atoms with van der Waals surface area (Å²) >= 11 is 1.47. The number of hydrogen-bond acceptors (Lipinski definition) is 5. The zero-order valence-electron chi connectivity index (χ0n) is 14.0. The molecule has 0 saturated heterocycles. The molecule has 0 aliphatic rings. The van der Waals surface area contributed by atoms with E-state index < -0.39 is 0 Å². The highest BCUT2D eigenvalue weighted by Gasteiger charge is 2.13. The van der Waals surface area contributed by atoms with Crippen LogP contribution in [0.4, 0.5) is 5.69 Å². The van der Waals surface area contributed by atoms with Gasteiger partial charge in [0.15, 0.2) is 10.8 Å². The molecule has 0 atom stereocenters. The molecule has 1 aromatic carbocycles. The van der Waals surface area contributed by atoms with Gasteiger partial charge in [0, 0.05) is 17.8 Å². The van der Waals surface area contributed by atoms with E-state index in [0.29, 0.717) is 11.4 Å². The SMILES string of the molecule is Cc1ccc(-c2nc(CC(=O)Nc3ccccc3-n3cccn3)cs2)o1. The van der Waals surface area contributed by atoms with Gasteiger partial charge in [0.25, 0.3) is 0 Å². The van der Waals surface area contributed by atoms with Crippen LogP contribution in [0, 0.1) is 6.92 Å². The van der Waals surface area contributed by atoms with Gasteiger partial charge < -0.3 is 9.73 Å². The van der Waals surface area contributed by atoms with Gasteiger partial charge >= 0.3 is 0 Å². The van der Waals surface area contributed by atoms with Gasteiger partial charge in [0.1, 0.15) is 5.76 Å². The Morgan fingerprint density at radius 3 is 2.88 bits per heavy atom. The van der Waals surface area contributed by atoms with Crippen molar-refractivity contribution in [3.8, 4) is 16.5 Å². The Hall–Kier alpha value is -3.19. The van der Waals surface area contributed by atoms with Crippen LogP contribution < -0.4 is 5.32 Å². The molecule has 1 N–H and O–H groups in total. The van der Waals surface area contributed by atoms with Crippen LogP contribution in [0.1, 0.15) is 11.5 Å². The number of benzene rings is 1. The Morgan fingerprint density at radius 2 is 2.12 bits per heavy atom. The third-order valence-electron chi connectivity index (χ3n) is 3.77. The molecule has 4 rings (SSSR count). The van der Waals surface area contributed by atoms with Crippen LogP contribution in [0.15, 0.2) is 64.7 Å². The van der Waals surface area contributed by atoms with E-state index >= 15 is 0 Å². The lowest BCUT2D eigenvalue weighted by atomic mass is 10.2. The van der Waals surface area contributed by atoms with Gasteiger partial charge in [-0.05, 0) is 37.3 Å². The maximum absolute atomic E-state index is 12.5. The lowest BCUT2D eigenvalue weighted by Gasteiger charge is -2.10. The number of thiazole rings is 1. The number of aryl methyl sites for hydroxylation is 1. The van der Waals surface area contributed by atoms with Crippen molar-refractivity contribution in [1.29, 1.82) is 0 Å². The van der Waals surface area contributed by atoms with E-state index in [1.165, 1.54) is 11.3 Å². The summed E-state index contributed by atoms with van der Waals surface area (Å²) in [6.07, 6.45) is 3.73. The molecule has 0 aliphatic heterocycles. The molecule has 0 fully saturated rings. The second kappa shape index (κ2) is 6.97. The number of furan rings is 1. The van der Waals surface area contributed by atoms with E-state index in [0.717, 1.165) is 22.2 Å². The fraction of sp³-hybridized carbons (Fsp3) is 0.105. The number of carbonyl (C=O) groups excluding carboxylic acids is 1. The van der Waals surface area contributed by atoms with Gasteiger partial charge in [-0.25, -0.2) is 9.67 Å². The molecule has 0 radical (unpaired) electrons. The highest BCUT2D eigenvalue weighted by Crippen LogP contribution is 2.26. The first kappa shape index (κ1) is 16.3. The first-order chi connectivity index (χ1) is 12.7. The molecular formula is C19H16N4O2S. The molecule has 0 aliphatic carbocycles. The van der Waals surface area contributed by atoms with E-state index in [2.05, 4.69) is 15.4 Å². The summed E-state index contributed by atoms with van der Waals surface area (Å²) < 4.78 is 7.30. The van der Waals surface area contributed by atoms with Crippen LogP contribution in [0.3, 0.4) is 0 Å². The number of rotatable bonds is 5. The van der Waals surface area contributed by atoms with Crippen molar-refractivity contribution in [2.24, 2.45) is 0 Å². The molecule has 0 unspecified atom stereocenters. The predicted molar refractivity (Wildman–Crippen MR) is 100 cm³/mol. The fourth-order valence-electron chi connectivity index (χ4n) is 2.60. The van der Waals surface area contributed by atoms with Gasteiger partial charge in [0.2, 0.25) is 5.91 Å². The Bertz CT molecular complexity index is 1030. The number of amides is 1. The summed E-state index contributed by atoms with van der Waals surface area (Å²) in [6.45, 7) is 1.89. The van der Waals surface area contributed by atoms with Gasteiger partial charge in [-0.1, -0.05) is 12.1 Å². The van der Waals surface area contributed by atoms with Gasteiger partial charge in [-0.15, -0.1) is 11.3 Å². The van der Waals surface area contributed by atoms with E-state index in [4.69, 9.17) is 4.42 Å². The minimum absolute atomic E-state index is 0.128. The van der Waals surface area contributed by atoms with E-state index in [1.54, 1.807) is 10.9 Å². The van der Waals surface area contributed by atoms with E-state index in [9.17, 15) is 4.79 Å². The summed E-state index contributed by atoms with van der Waals surface area (Å²) in [5, 5.41) is 9.82. The maximum atomic E-state index is 12.5.